The molecule has 2 aliphatic carbocycles. The lowest BCUT2D eigenvalue weighted by Crippen LogP contribution is -2.42. The van der Waals surface area contributed by atoms with Crippen LogP contribution in [0.25, 0.3) is 0 Å². The first-order chi connectivity index (χ1) is 44.4. The first-order valence-corrected chi connectivity index (χ1v) is 35.2. The summed E-state index contributed by atoms with van der Waals surface area (Å²) in [5, 5.41) is 32.4. The fourth-order valence-electron chi connectivity index (χ4n) is 13.2. The van der Waals surface area contributed by atoms with Gasteiger partial charge < -0.3 is 50.0 Å². The van der Waals surface area contributed by atoms with Gasteiger partial charge in [0.1, 0.15) is 34.7 Å². The molecular weight excluding hydrogens is 1240 g/mol. The second kappa shape index (κ2) is 34.7. The van der Waals surface area contributed by atoms with Crippen molar-refractivity contribution in [2.24, 2.45) is 0 Å². The van der Waals surface area contributed by atoms with E-state index in [4.69, 9.17) is 42.1 Å². The van der Waals surface area contributed by atoms with Gasteiger partial charge >= 0.3 is 12.1 Å². The zero-order valence-corrected chi connectivity index (χ0v) is 55.8. The Hall–Kier alpha value is -5.32. The van der Waals surface area contributed by atoms with Gasteiger partial charge in [-0.15, -0.1) is 0 Å². The lowest BCUT2D eigenvalue weighted by molar-refractivity contribution is 0.0804. The molecule has 4 saturated heterocycles. The average Bonchev–Trinajstić information content (AvgIpc) is 1.71. The summed E-state index contributed by atoms with van der Waals surface area (Å²) < 4.78 is 45.6. The molecule has 25 heteroatoms. The minimum absolute atomic E-state index is 0.0722. The Balaban J connectivity index is 0.512. The molecule has 492 valence electrons. The monoisotopic (exact) mass is 1320 g/mol. The summed E-state index contributed by atoms with van der Waals surface area (Å²) in [6, 6.07) is 28.0. The highest BCUT2D eigenvalue weighted by Gasteiger charge is 2.42. The molecule has 4 heterocycles. The van der Waals surface area contributed by atoms with Gasteiger partial charge in [0.25, 0.3) is 0 Å². The van der Waals surface area contributed by atoms with Crippen molar-refractivity contribution in [2.75, 3.05) is 158 Å². The van der Waals surface area contributed by atoms with E-state index in [2.05, 4.69) is 98.5 Å². The molecule has 10 rings (SSSR count). The van der Waals surface area contributed by atoms with Gasteiger partial charge in [-0.2, -0.15) is 10.5 Å². The molecule has 0 aromatic heterocycles. The number of ether oxygens (including phenoxy) is 4. The lowest BCUT2D eigenvalue weighted by atomic mass is 10.0. The molecule has 1 unspecified atom stereocenters. The largest absolute Gasteiger partial charge is 0.484 e. The van der Waals surface area contributed by atoms with Crippen LogP contribution in [0.1, 0.15) is 84.1 Å². The summed E-state index contributed by atoms with van der Waals surface area (Å²) in [6.45, 7) is 16.8. The quantitative estimate of drug-likeness (QED) is 0.0250. The first-order valence-electron chi connectivity index (χ1n) is 32.4. The maximum absolute atomic E-state index is 13.5. The van der Waals surface area contributed by atoms with Gasteiger partial charge in [-0.25, -0.2) is 18.5 Å². The van der Waals surface area contributed by atoms with E-state index in [9.17, 15) is 24.3 Å². The van der Waals surface area contributed by atoms with Crippen LogP contribution in [0.5, 0.6) is 11.5 Å². The fourth-order valence-corrected chi connectivity index (χ4v) is 15.5. The summed E-state index contributed by atoms with van der Waals surface area (Å²) in [7, 11) is 2.93. The van der Waals surface area contributed by atoms with E-state index in [1.54, 1.807) is 24.1 Å². The van der Waals surface area contributed by atoms with Crippen LogP contribution in [0.2, 0.25) is 10.0 Å². The maximum Gasteiger partial charge on any atom is 0.314 e. The molecule has 0 bridgehead atoms. The number of hydrogen-bond acceptors (Lipinski definition) is 17. The standard InChI is InChI=1S/C66H90Cl2N14O7S2/c1-77-21-5-23-81(29-27-77)61-41-57-47(43-69)37-49(67)39-59(57)63(61)88-53-7-11-55(12-8-53)90-75-51-15-25-79(45-51)31-35-86-33-19-73-65(83)71-17-3-4-18-72-66(84)74-20-34-87-36-32-80-26-16-52(46-80)76-91(85)56-13-9-54(10-14-56)89-64-60-40-50(68)38-48(44-70)58(60)42-62(64)82-24-6-22-78(2)28-30-82/h7-14,37-40,51-52,61-64,75-76H,3-6,15-36,41-42,45-46H2,1-2H3,(H2,71,73,83)(H2,72,74,84)/t51-,52-,61-,62-,63-,64-,91?/m0/s1. The number of likely N-dealkylation sites (N-methyl/N-ethyl adjacent to an activating group) is 2. The summed E-state index contributed by atoms with van der Waals surface area (Å²) in [4.78, 5) is 40.9. The van der Waals surface area contributed by atoms with Gasteiger partial charge in [0.2, 0.25) is 0 Å². The Labute approximate surface area is 554 Å². The van der Waals surface area contributed by atoms with Gasteiger partial charge in [0, 0.05) is 106 Å². The van der Waals surface area contributed by atoms with Gasteiger partial charge in [0.15, 0.2) is 0 Å². The van der Waals surface area contributed by atoms with Crippen molar-refractivity contribution in [1.82, 2.24) is 60.1 Å². The predicted octanol–water partition coefficient (Wildman–Crippen LogP) is 6.57. The number of nitriles is 2. The number of hydrogen-bond donors (Lipinski definition) is 6. The number of carbonyl (C=O) groups is 2. The number of rotatable bonds is 29. The third-order valence-electron chi connectivity index (χ3n) is 18.2. The van der Waals surface area contributed by atoms with Crippen molar-refractivity contribution in [2.45, 2.75) is 97.5 Å². The van der Waals surface area contributed by atoms with E-state index < -0.39 is 11.0 Å². The predicted molar refractivity (Wildman–Crippen MR) is 356 cm³/mol. The zero-order chi connectivity index (χ0) is 63.5. The Morgan fingerprint density at radius 2 is 1.07 bits per heavy atom. The van der Waals surface area contributed by atoms with Crippen molar-refractivity contribution >= 4 is 58.2 Å². The van der Waals surface area contributed by atoms with Crippen LogP contribution in [0.15, 0.2) is 82.6 Å². The van der Waals surface area contributed by atoms with Gasteiger partial charge in [-0.05, 0) is 212 Å². The second-order valence-electron chi connectivity index (χ2n) is 24.7. The number of nitrogens with one attached hydrogen (secondary N) is 6. The number of amides is 4. The molecule has 21 nitrogen and oxygen atoms in total. The van der Waals surface area contributed by atoms with Crippen LogP contribution in [-0.4, -0.2) is 228 Å². The molecule has 91 heavy (non-hydrogen) atoms. The molecule has 4 fully saturated rings. The van der Waals surface area contributed by atoms with E-state index in [-0.39, 0.29) is 42.4 Å². The third-order valence-corrected chi connectivity index (χ3v) is 20.9. The number of urea groups is 2. The van der Waals surface area contributed by atoms with Crippen LogP contribution in [0.4, 0.5) is 9.59 Å². The molecule has 7 atom stereocenters. The normalized spacial score (nSPS) is 22.9. The Morgan fingerprint density at radius 3 is 1.57 bits per heavy atom. The number of benzene rings is 4. The minimum atomic E-state index is -1.40. The van der Waals surface area contributed by atoms with Crippen molar-refractivity contribution < 1.29 is 32.7 Å². The van der Waals surface area contributed by atoms with Crippen LogP contribution in [0.3, 0.4) is 0 Å². The molecule has 6 N–H and O–H groups in total. The molecule has 0 radical (unpaired) electrons. The summed E-state index contributed by atoms with van der Waals surface area (Å²) >= 11 is 14.7. The van der Waals surface area contributed by atoms with Gasteiger partial charge in [-0.1, -0.05) is 23.2 Å². The Kier molecular flexibility index (Phi) is 26.2. The average molecular weight is 1330 g/mol. The van der Waals surface area contributed by atoms with E-state index in [1.807, 2.05) is 48.5 Å². The number of fused-ring (bicyclic) bond motifs is 2. The molecule has 4 aromatic carbocycles. The number of likely N-dealkylation sites (tertiary alicyclic amines) is 2. The Bertz CT molecular complexity index is 3150. The number of halogens is 2. The Morgan fingerprint density at radius 1 is 0.593 bits per heavy atom. The molecular formula is C66H90Cl2N14O7S2. The maximum atomic E-state index is 13.5. The van der Waals surface area contributed by atoms with Crippen LogP contribution < -0.4 is 40.2 Å². The van der Waals surface area contributed by atoms with Crippen molar-refractivity contribution in [1.29, 1.82) is 10.5 Å². The third kappa shape index (κ3) is 19.9. The van der Waals surface area contributed by atoms with Gasteiger partial charge in [0.05, 0.1) is 66.7 Å². The van der Waals surface area contributed by atoms with E-state index >= 15 is 0 Å². The van der Waals surface area contributed by atoms with E-state index in [0.29, 0.717) is 90.5 Å². The van der Waals surface area contributed by atoms with Crippen LogP contribution >= 0.6 is 35.1 Å². The van der Waals surface area contributed by atoms with Crippen molar-refractivity contribution in [3.05, 3.63) is 116 Å². The van der Waals surface area contributed by atoms with E-state index in [1.165, 1.54) is 0 Å². The van der Waals surface area contributed by atoms with Crippen LogP contribution in [0, 0.1) is 22.7 Å². The molecule has 0 saturated carbocycles. The number of unbranched alkanes of at least 4 members (excludes halogenated alkanes) is 1. The lowest BCUT2D eigenvalue weighted by Gasteiger charge is -2.32. The first kappa shape index (κ1) is 68.5. The van der Waals surface area contributed by atoms with Crippen molar-refractivity contribution in [3.63, 3.8) is 0 Å². The fraction of sp³-hybridized carbons (Fsp3) is 0.576. The number of nitrogens with zero attached hydrogens (tertiary/aromatic N) is 8. The summed E-state index contributed by atoms with van der Waals surface area (Å²) in [6.07, 6.45) is 6.51. The molecule has 4 amide bonds. The molecule has 6 aliphatic rings. The number of carbonyl (C=O) groups excluding carboxylic acids is 2. The highest BCUT2D eigenvalue weighted by Crippen LogP contribution is 2.43. The summed E-state index contributed by atoms with van der Waals surface area (Å²) in [5.41, 5.74) is 5.28. The van der Waals surface area contributed by atoms with E-state index in [0.717, 1.165) is 176 Å². The molecule has 4 aliphatic heterocycles. The van der Waals surface area contributed by atoms with Gasteiger partial charge in [-0.3, -0.25) is 24.3 Å². The molecule has 4 aromatic rings. The topological polar surface area (TPSA) is 227 Å². The van der Waals surface area contributed by atoms with Crippen molar-refractivity contribution in [3.8, 4) is 23.6 Å². The second-order valence-corrected chi connectivity index (χ2v) is 27.7. The zero-order valence-electron chi connectivity index (χ0n) is 52.6. The molecule has 0 spiro atoms. The minimum Gasteiger partial charge on any atom is -0.484 e. The smallest absolute Gasteiger partial charge is 0.314 e. The SMILES string of the molecule is CN1CCCN([C@H]2Cc3c(C#N)cc(Cl)cc3[C@@H]2Oc2ccc(SN[C@H]3CCN(CCOCCNC(=O)NCCCCNC(=O)NCCOCCN4CC[C@H](NS(=O)c5ccc(O[C@H]6c7cc(Cl)cc(C#N)c7C[C@@H]6N6CCCN(C)CC6)cc5)C4)C3)cc2)CC1. The highest BCUT2D eigenvalue weighted by atomic mass is 35.5. The van der Waals surface area contributed by atoms with Crippen LogP contribution in [-0.2, 0) is 33.3 Å². The highest BCUT2D eigenvalue weighted by molar-refractivity contribution is 7.97. The summed E-state index contributed by atoms with van der Waals surface area (Å²) in [5.74, 6) is 1.48.